The molecule has 3 amide bonds. The van der Waals surface area contributed by atoms with Gasteiger partial charge >= 0.3 is 6.03 Å². The van der Waals surface area contributed by atoms with Crippen LogP contribution in [0.4, 0.5) is 4.79 Å². The molecule has 0 radical (unpaired) electrons. The van der Waals surface area contributed by atoms with E-state index in [2.05, 4.69) is 10.7 Å². The SMILES string of the molecule is CC(Cl)C(=O)NC(=O)NN1CCOCC1. The zero-order valence-electron chi connectivity index (χ0n) is 8.46. The van der Waals surface area contributed by atoms with Crippen molar-refractivity contribution in [2.75, 3.05) is 26.3 Å². The Balaban J connectivity index is 2.25. The van der Waals surface area contributed by atoms with E-state index in [9.17, 15) is 9.59 Å². The van der Waals surface area contributed by atoms with Crippen molar-refractivity contribution in [3.63, 3.8) is 0 Å². The third-order valence-electron chi connectivity index (χ3n) is 1.87. The molecule has 0 spiro atoms. The van der Waals surface area contributed by atoms with Gasteiger partial charge in [-0.3, -0.25) is 15.5 Å². The number of urea groups is 1. The van der Waals surface area contributed by atoms with Gasteiger partial charge in [-0.25, -0.2) is 9.80 Å². The van der Waals surface area contributed by atoms with Gasteiger partial charge in [0, 0.05) is 13.1 Å². The minimum absolute atomic E-state index is 0.512. The molecule has 1 unspecified atom stereocenters. The maximum absolute atomic E-state index is 11.2. The zero-order valence-corrected chi connectivity index (χ0v) is 9.21. The fourth-order valence-electron chi connectivity index (χ4n) is 1.06. The summed E-state index contributed by atoms with van der Waals surface area (Å²) in [6.45, 7) is 3.86. The van der Waals surface area contributed by atoms with Gasteiger partial charge in [-0.05, 0) is 6.92 Å². The molecule has 7 heteroatoms. The molecule has 0 aromatic carbocycles. The monoisotopic (exact) mass is 235 g/mol. The first-order valence-electron chi connectivity index (χ1n) is 4.68. The minimum Gasteiger partial charge on any atom is -0.379 e. The van der Waals surface area contributed by atoms with Crippen molar-refractivity contribution in [2.24, 2.45) is 0 Å². The zero-order chi connectivity index (χ0) is 11.3. The van der Waals surface area contributed by atoms with Gasteiger partial charge in [0.25, 0.3) is 0 Å². The fourth-order valence-corrected chi connectivity index (χ4v) is 1.11. The number of imide groups is 1. The summed E-state index contributed by atoms with van der Waals surface area (Å²) in [4.78, 5) is 22.3. The van der Waals surface area contributed by atoms with E-state index in [1.54, 1.807) is 5.01 Å². The lowest BCUT2D eigenvalue weighted by molar-refractivity contribution is -0.119. The van der Waals surface area contributed by atoms with Crippen LogP contribution in [0.15, 0.2) is 0 Å². The standard InChI is InChI=1S/C8H14ClN3O3/c1-6(9)7(13)10-8(14)11-12-2-4-15-5-3-12/h6H,2-5H2,1H3,(H2,10,11,13,14). The Kier molecular flexibility index (Phi) is 4.80. The summed E-state index contributed by atoms with van der Waals surface area (Å²) in [5.74, 6) is -0.512. The molecular formula is C8H14ClN3O3. The van der Waals surface area contributed by atoms with Gasteiger partial charge in [-0.15, -0.1) is 11.6 Å². The van der Waals surface area contributed by atoms with Crippen molar-refractivity contribution in [1.82, 2.24) is 15.8 Å². The summed E-state index contributed by atoms with van der Waals surface area (Å²) >= 11 is 5.49. The summed E-state index contributed by atoms with van der Waals surface area (Å²) in [6.07, 6.45) is 0. The lowest BCUT2D eigenvalue weighted by atomic mass is 10.4. The summed E-state index contributed by atoms with van der Waals surface area (Å²) < 4.78 is 5.10. The number of hydrogen-bond donors (Lipinski definition) is 2. The van der Waals surface area contributed by atoms with Gasteiger partial charge in [0.15, 0.2) is 0 Å². The van der Waals surface area contributed by atoms with E-state index in [1.807, 2.05) is 0 Å². The van der Waals surface area contributed by atoms with Crippen LogP contribution in [-0.4, -0.2) is 48.6 Å². The van der Waals surface area contributed by atoms with Crippen LogP contribution in [0.1, 0.15) is 6.92 Å². The Morgan fingerprint density at radius 2 is 2.00 bits per heavy atom. The van der Waals surface area contributed by atoms with Crippen LogP contribution in [0.25, 0.3) is 0 Å². The smallest absolute Gasteiger partial charge is 0.335 e. The number of morpholine rings is 1. The molecule has 1 rings (SSSR count). The fraction of sp³-hybridized carbons (Fsp3) is 0.750. The van der Waals surface area contributed by atoms with Crippen LogP contribution in [0.5, 0.6) is 0 Å². The number of ether oxygens (including phenoxy) is 1. The van der Waals surface area contributed by atoms with E-state index in [0.717, 1.165) is 0 Å². The van der Waals surface area contributed by atoms with E-state index in [-0.39, 0.29) is 0 Å². The molecule has 1 aliphatic rings. The second kappa shape index (κ2) is 5.89. The quantitative estimate of drug-likeness (QED) is 0.644. The number of carbonyl (C=O) groups excluding carboxylic acids is 2. The van der Waals surface area contributed by atoms with E-state index in [1.165, 1.54) is 6.92 Å². The molecule has 1 fully saturated rings. The summed E-state index contributed by atoms with van der Waals surface area (Å²) in [7, 11) is 0. The second-order valence-electron chi connectivity index (χ2n) is 3.15. The molecule has 1 aliphatic heterocycles. The first-order valence-corrected chi connectivity index (χ1v) is 5.11. The third kappa shape index (κ3) is 4.46. The van der Waals surface area contributed by atoms with Crippen LogP contribution in [0.3, 0.4) is 0 Å². The minimum atomic E-state index is -0.722. The van der Waals surface area contributed by atoms with Crippen molar-refractivity contribution in [2.45, 2.75) is 12.3 Å². The number of hydrogen-bond acceptors (Lipinski definition) is 4. The lowest BCUT2D eigenvalue weighted by Gasteiger charge is -2.26. The summed E-state index contributed by atoms with van der Waals surface area (Å²) in [5, 5.41) is 3.09. The topological polar surface area (TPSA) is 70.7 Å². The van der Waals surface area contributed by atoms with Crippen LogP contribution < -0.4 is 10.7 Å². The van der Waals surface area contributed by atoms with Crippen molar-refractivity contribution in [3.8, 4) is 0 Å². The van der Waals surface area contributed by atoms with E-state index in [4.69, 9.17) is 16.3 Å². The number of carbonyl (C=O) groups is 2. The molecule has 6 nitrogen and oxygen atoms in total. The molecule has 1 heterocycles. The Labute approximate surface area is 92.9 Å². The second-order valence-corrected chi connectivity index (χ2v) is 3.80. The van der Waals surface area contributed by atoms with Gasteiger partial charge in [0.2, 0.25) is 5.91 Å². The lowest BCUT2D eigenvalue weighted by Crippen LogP contribution is -2.53. The number of halogens is 1. The van der Waals surface area contributed by atoms with Gasteiger partial charge in [0.05, 0.1) is 13.2 Å². The maximum atomic E-state index is 11.2. The van der Waals surface area contributed by atoms with Crippen LogP contribution in [0.2, 0.25) is 0 Å². The largest absolute Gasteiger partial charge is 0.379 e. The van der Waals surface area contributed by atoms with Crippen molar-refractivity contribution in [3.05, 3.63) is 0 Å². The number of alkyl halides is 1. The molecule has 0 aliphatic carbocycles. The highest BCUT2D eigenvalue weighted by Gasteiger charge is 2.16. The summed E-state index contributed by atoms with van der Waals surface area (Å²) in [5.41, 5.74) is 2.53. The van der Waals surface area contributed by atoms with Gasteiger partial charge < -0.3 is 4.74 Å². The molecular weight excluding hydrogens is 222 g/mol. The Bertz CT molecular complexity index is 241. The summed E-state index contributed by atoms with van der Waals surface area (Å²) in [6, 6.07) is -0.561. The average Bonchev–Trinajstić information content (AvgIpc) is 2.18. The number of hydrazine groups is 1. The van der Waals surface area contributed by atoms with Crippen LogP contribution in [-0.2, 0) is 9.53 Å². The highest BCUT2D eigenvalue weighted by atomic mass is 35.5. The van der Waals surface area contributed by atoms with Crippen LogP contribution in [0, 0.1) is 0 Å². The number of nitrogens with zero attached hydrogens (tertiary/aromatic N) is 1. The van der Waals surface area contributed by atoms with Crippen molar-refractivity contribution >= 4 is 23.5 Å². The predicted molar refractivity (Wildman–Crippen MR) is 54.4 cm³/mol. The highest BCUT2D eigenvalue weighted by Crippen LogP contribution is 1.94. The van der Waals surface area contributed by atoms with Gasteiger partial charge in [-0.1, -0.05) is 0 Å². The molecule has 0 aromatic heterocycles. The van der Waals surface area contributed by atoms with E-state index < -0.39 is 17.3 Å². The van der Waals surface area contributed by atoms with Crippen LogP contribution >= 0.6 is 11.6 Å². The van der Waals surface area contributed by atoms with Gasteiger partial charge in [0.1, 0.15) is 5.38 Å². The number of nitrogens with one attached hydrogen (secondary N) is 2. The van der Waals surface area contributed by atoms with E-state index in [0.29, 0.717) is 26.3 Å². The number of rotatable bonds is 2. The normalized spacial score (nSPS) is 19.3. The Hall–Kier alpha value is -0.850. The molecule has 2 N–H and O–H groups in total. The molecule has 0 aromatic rings. The first-order chi connectivity index (χ1) is 7.09. The molecule has 1 atom stereocenters. The predicted octanol–water partition coefficient (Wildman–Crippen LogP) is -0.313. The molecule has 0 bridgehead atoms. The molecule has 1 saturated heterocycles. The van der Waals surface area contributed by atoms with Gasteiger partial charge in [-0.2, -0.15) is 0 Å². The first kappa shape index (κ1) is 12.2. The Morgan fingerprint density at radius 1 is 1.40 bits per heavy atom. The molecule has 0 saturated carbocycles. The van der Waals surface area contributed by atoms with E-state index >= 15 is 0 Å². The highest BCUT2D eigenvalue weighted by molar-refractivity contribution is 6.31. The van der Waals surface area contributed by atoms with Crippen molar-refractivity contribution in [1.29, 1.82) is 0 Å². The number of amides is 3. The Morgan fingerprint density at radius 3 is 2.53 bits per heavy atom. The third-order valence-corrected chi connectivity index (χ3v) is 2.07. The van der Waals surface area contributed by atoms with Crippen molar-refractivity contribution < 1.29 is 14.3 Å². The molecule has 15 heavy (non-hydrogen) atoms. The molecule has 86 valence electrons. The average molecular weight is 236 g/mol. The maximum Gasteiger partial charge on any atom is 0.335 e.